The van der Waals surface area contributed by atoms with Gasteiger partial charge < -0.3 is 5.32 Å². The van der Waals surface area contributed by atoms with Crippen molar-refractivity contribution in [2.75, 3.05) is 26.7 Å². The van der Waals surface area contributed by atoms with Gasteiger partial charge in [-0.3, -0.25) is 9.69 Å². The van der Waals surface area contributed by atoms with Crippen LogP contribution in [-0.4, -0.2) is 37.5 Å². The Morgan fingerprint density at radius 3 is 2.69 bits per heavy atom. The van der Waals surface area contributed by atoms with E-state index in [1.807, 2.05) is 19.9 Å². The number of carbonyl (C=O) groups is 1. The minimum atomic E-state index is -0.0218. The van der Waals surface area contributed by atoms with Crippen LogP contribution in [0.4, 0.5) is 0 Å². The largest absolute Gasteiger partial charge is 0.355 e. The van der Waals surface area contributed by atoms with Gasteiger partial charge in [0.25, 0.3) is 0 Å². The minimum absolute atomic E-state index is 0.0218. The molecule has 1 amide bonds. The molecule has 4 heteroatoms. The van der Waals surface area contributed by atoms with Gasteiger partial charge in [0.15, 0.2) is 0 Å². The molecule has 0 rings (SSSR count). The van der Waals surface area contributed by atoms with Crippen LogP contribution in [0, 0.1) is 17.2 Å². The number of nitrogens with zero attached hydrogens (tertiary/aromatic N) is 2. The van der Waals surface area contributed by atoms with Crippen molar-refractivity contribution in [3.63, 3.8) is 0 Å². The summed E-state index contributed by atoms with van der Waals surface area (Å²) in [6.07, 6.45) is 0. The molecule has 0 aliphatic carbocycles. The van der Waals surface area contributed by atoms with Crippen molar-refractivity contribution in [2.24, 2.45) is 5.92 Å². The second-order valence-corrected chi connectivity index (χ2v) is 3.53. The van der Waals surface area contributed by atoms with Crippen molar-refractivity contribution in [3.05, 3.63) is 0 Å². The summed E-state index contributed by atoms with van der Waals surface area (Å²) in [4.78, 5) is 12.8. The molecule has 0 aliphatic heterocycles. The van der Waals surface area contributed by atoms with Crippen LogP contribution in [0.25, 0.3) is 0 Å². The van der Waals surface area contributed by atoms with Crippen LogP contribution < -0.4 is 5.32 Å². The average Bonchev–Trinajstić information content (AvgIpc) is 2.01. The van der Waals surface area contributed by atoms with Gasteiger partial charge in [-0.05, 0) is 13.0 Å². The lowest BCUT2D eigenvalue weighted by Gasteiger charge is -2.13. The quantitative estimate of drug-likeness (QED) is 0.620. The third-order valence-electron chi connectivity index (χ3n) is 1.46. The van der Waals surface area contributed by atoms with Crippen LogP contribution in [0.3, 0.4) is 0 Å². The highest BCUT2D eigenvalue weighted by molar-refractivity contribution is 5.77. The van der Waals surface area contributed by atoms with Crippen LogP contribution >= 0.6 is 0 Å². The van der Waals surface area contributed by atoms with Gasteiger partial charge in [-0.2, -0.15) is 5.26 Å². The van der Waals surface area contributed by atoms with Crippen LogP contribution in [0.5, 0.6) is 0 Å². The van der Waals surface area contributed by atoms with E-state index in [1.54, 1.807) is 11.9 Å². The molecule has 0 spiro atoms. The summed E-state index contributed by atoms with van der Waals surface area (Å²) in [5, 5.41) is 11.1. The van der Waals surface area contributed by atoms with Crippen LogP contribution in [0.2, 0.25) is 0 Å². The maximum absolute atomic E-state index is 11.2. The zero-order chi connectivity index (χ0) is 10.3. The van der Waals surface area contributed by atoms with E-state index in [0.717, 1.165) is 0 Å². The first-order valence-electron chi connectivity index (χ1n) is 4.38. The van der Waals surface area contributed by atoms with E-state index in [4.69, 9.17) is 5.26 Å². The average molecular weight is 183 g/mol. The fraction of sp³-hybridized carbons (Fsp3) is 0.778. The molecule has 0 bridgehead atoms. The Balaban J connectivity index is 3.57. The topological polar surface area (TPSA) is 56.1 Å². The Morgan fingerprint density at radius 1 is 1.62 bits per heavy atom. The van der Waals surface area contributed by atoms with Crippen LogP contribution in [0.15, 0.2) is 0 Å². The van der Waals surface area contributed by atoms with Gasteiger partial charge in [0.1, 0.15) is 0 Å². The summed E-state index contributed by atoms with van der Waals surface area (Å²) < 4.78 is 0. The van der Waals surface area contributed by atoms with E-state index in [9.17, 15) is 4.79 Å². The molecular formula is C9H17N3O. The van der Waals surface area contributed by atoms with E-state index in [-0.39, 0.29) is 12.5 Å². The Kier molecular flexibility index (Phi) is 5.90. The lowest BCUT2D eigenvalue weighted by atomic mass is 10.2. The second kappa shape index (κ2) is 6.44. The number of hydrogen-bond donors (Lipinski definition) is 1. The smallest absolute Gasteiger partial charge is 0.234 e. The Bertz CT molecular complexity index is 196. The molecule has 0 aromatic carbocycles. The molecule has 1 N–H and O–H groups in total. The molecule has 0 atom stereocenters. The van der Waals surface area contributed by atoms with Crippen molar-refractivity contribution in [2.45, 2.75) is 13.8 Å². The molecule has 13 heavy (non-hydrogen) atoms. The predicted molar refractivity (Wildman–Crippen MR) is 51.0 cm³/mol. The molecule has 0 radical (unpaired) electrons. The van der Waals surface area contributed by atoms with Crippen molar-refractivity contribution < 1.29 is 4.79 Å². The van der Waals surface area contributed by atoms with Crippen molar-refractivity contribution in [3.8, 4) is 6.07 Å². The van der Waals surface area contributed by atoms with Crippen LogP contribution in [0.1, 0.15) is 13.8 Å². The fourth-order valence-electron chi connectivity index (χ4n) is 0.796. The molecule has 0 aliphatic rings. The molecule has 0 fully saturated rings. The molecule has 0 aromatic rings. The van der Waals surface area contributed by atoms with E-state index in [2.05, 4.69) is 5.32 Å². The normalized spacial score (nSPS) is 10.2. The summed E-state index contributed by atoms with van der Waals surface area (Å²) >= 11 is 0. The lowest BCUT2D eigenvalue weighted by molar-refractivity contribution is -0.121. The predicted octanol–water partition coefficient (Wildman–Crippen LogP) is 0.214. The van der Waals surface area contributed by atoms with Gasteiger partial charge in [0.2, 0.25) is 5.91 Å². The number of hydrogen-bond acceptors (Lipinski definition) is 3. The third-order valence-corrected chi connectivity index (χ3v) is 1.46. The van der Waals surface area contributed by atoms with E-state index < -0.39 is 0 Å². The Hall–Kier alpha value is -1.08. The third kappa shape index (κ3) is 7.29. The minimum Gasteiger partial charge on any atom is -0.355 e. The molecule has 0 heterocycles. The fourth-order valence-corrected chi connectivity index (χ4v) is 0.796. The number of rotatable bonds is 5. The Morgan fingerprint density at radius 2 is 2.23 bits per heavy atom. The molecule has 0 saturated heterocycles. The number of likely N-dealkylation sites (N-methyl/N-ethyl adjacent to an activating group) is 1. The summed E-state index contributed by atoms with van der Waals surface area (Å²) in [6.45, 7) is 5.35. The zero-order valence-electron chi connectivity index (χ0n) is 8.50. The zero-order valence-corrected chi connectivity index (χ0v) is 8.50. The lowest BCUT2D eigenvalue weighted by Crippen LogP contribution is -2.36. The molecule has 0 saturated carbocycles. The summed E-state index contributed by atoms with van der Waals surface area (Å²) in [5.41, 5.74) is 0. The van der Waals surface area contributed by atoms with Gasteiger partial charge in [0, 0.05) is 6.54 Å². The molecule has 0 unspecified atom stereocenters. The van der Waals surface area contributed by atoms with Gasteiger partial charge in [-0.25, -0.2) is 0 Å². The SMILES string of the molecule is CC(C)CNC(=O)CN(C)CC#N. The molecule has 0 aromatic heterocycles. The number of amides is 1. The highest BCUT2D eigenvalue weighted by atomic mass is 16.2. The first-order chi connectivity index (χ1) is 6.06. The van der Waals surface area contributed by atoms with Gasteiger partial charge in [-0.1, -0.05) is 13.8 Å². The van der Waals surface area contributed by atoms with E-state index in [0.29, 0.717) is 19.0 Å². The molecule has 4 nitrogen and oxygen atoms in total. The molecule has 74 valence electrons. The first-order valence-corrected chi connectivity index (χ1v) is 4.38. The van der Waals surface area contributed by atoms with Gasteiger partial charge >= 0.3 is 0 Å². The number of nitriles is 1. The Labute approximate surface area is 79.5 Å². The van der Waals surface area contributed by atoms with Crippen molar-refractivity contribution >= 4 is 5.91 Å². The monoisotopic (exact) mass is 183 g/mol. The van der Waals surface area contributed by atoms with Crippen molar-refractivity contribution in [1.82, 2.24) is 10.2 Å². The molecular weight excluding hydrogens is 166 g/mol. The van der Waals surface area contributed by atoms with Crippen LogP contribution in [-0.2, 0) is 4.79 Å². The van der Waals surface area contributed by atoms with E-state index in [1.165, 1.54) is 0 Å². The number of carbonyl (C=O) groups excluding carboxylic acids is 1. The summed E-state index contributed by atoms with van der Waals surface area (Å²) in [5.74, 6) is 0.441. The van der Waals surface area contributed by atoms with Crippen molar-refractivity contribution in [1.29, 1.82) is 5.26 Å². The maximum atomic E-state index is 11.2. The maximum Gasteiger partial charge on any atom is 0.234 e. The summed E-state index contributed by atoms with van der Waals surface area (Å²) in [7, 11) is 1.75. The summed E-state index contributed by atoms with van der Waals surface area (Å²) in [6, 6.07) is 1.98. The highest BCUT2D eigenvalue weighted by Crippen LogP contribution is 1.87. The van der Waals surface area contributed by atoms with E-state index >= 15 is 0 Å². The first kappa shape index (κ1) is 11.9. The van der Waals surface area contributed by atoms with Gasteiger partial charge in [-0.15, -0.1) is 0 Å². The van der Waals surface area contributed by atoms with Gasteiger partial charge in [0.05, 0.1) is 19.2 Å². The highest BCUT2D eigenvalue weighted by Gasteiger charge is 2.05. The standard InChI is InChI=1S/C9H17N3O/c1-8(2)6-11-9(13)7-12(3)5-4-10/h8H,5-7H2,1-3H3,(H,11,13). The second-order valence-electron chi connectivity index (χ2n) is 3.53. The number of nitrogens with one attached hydrogen (secondary N) is 1.